The van der Waals surface area contributed by atoms with Crippen LogP contribution < -0.4 is 0 Å². The van der Waals surface area contributed by atoms with E-state index in [9.17, 15) is 10.5 Å². The van der Waals surface area contributed by atoms with Crippen molar-refractivity contribution in [1.82, 2.24) is 29.1 Å². The van der Waals surface area contributed by atoms with Gasteiger partial charge in [0.05, 0.1) is 69.9 Å². The maximum absolute atomic E-state index is 9.85. The van der Waals surface area contributed by atoms with Crippen molar-refractivity contribution >= 4 is 55.0 Å². The first-order valence-electron chi connectivity index (χ1n) is 24.4. The van der Waals surface area contributed by atoms with Gasteiger partial charge in [0, 0.05) is 61.8 Å². The number of nitriles is 2. The molecule has 9 aromatic carbocycles. The summed E-state index contributed by atoms with van der Waals surface area (Å²) in [6, 6.07) is 72.6. The van der Waals surface area contributed by atoms with Gasteiger partial charge in [-0.25, -0.2) is 24.6 Å². The Labute approximate surface area is 436 Å². The van der Waals surface area contributed by atoms with Crippen LogP contribution in [0.3, 0.4) is 0 Å². The molecule has 0 aliphatic heterocycles. The molecule has 0 unspecified atom stereocenters. The van der Waals surface area contributed by atoms with Gasteiger partial charge in [0.25, 0.3) is 0 Å². The summed E-state index contributed by atoms with van der Waals surface area (Å²) < 4.78 is 4.58. The summed E-state index contributed by atoms with van der Waals surface area (Å²) in [5, 5.41) is 23.8. The third-order valence-electron chi connectivity index (χ3n) is 13.9. The molecule has 350 valence electrons. The largest absolute Gasteiger partial charge is 0.309 e. The Bertz CT molecular complexity index is 4570. The van der Waals surface area contributed by atoms with Crippen molar-refractivity contribution in [1.29, 1.82) is 10.5 Å². The molecule has 76 heavy (non-hydrogen) atoms. The first-order chi connectivity index (χ1) is 37.5. The van der Waals surface area contributed by atoms with E-state index in [-0.39, 0.29) is 0 Å². The van der Waals surface area contributed by atoms with Crippen molar-refractivity contribution in [3.05, 3.63) is 253 Å². The van der Waals surface area contributed by atoms with Crippen molar-refractivity contribution in [3.63, 3.8) is 0 Å². The van der Waals surface area contributed by atoms with E-state index in [1.54, 1.807) is 12.1 Å². The number of hydrogen-bond acceptors (Lipinski definition) is 6. The Balaban J connectivity index is 1.07. The van der Waals surface area contributed by atoms with Gasteiger partial charge in [0.15, 0.2) is 28.8 Å². The minimum absolute atomic E-state index is 0.409. The van der Waals surface area contributed by atoms with Crippen molar-refractivity contribution in [3.8, 4) is 91.1 Å². The molecule has 0 bridgehead atoms. The van der Waals surface area contributed by atoms with Crippen LogP contribution in [0.1, 0.15) is 11.1 Å². The molecule has 0 aliphatic rings. The maximum atomic E-state index is 9.85. The molecule has 0 fully saturated rings. The molecule has 0 N–H and O–H groups in total. The molecule has 10 heteroatoms. The topological polar surface area (TPSA) is 118 Å². The van der Waals surface area contributed by atoms with Crippen molar-refractivity contribution in [2.75, 3.05) is 0 Å². The van der Waals surface area contributed by atoms with Crippen LogP contribution in [0.5, 0.6) is 0 Å². The summed E-state index contributed by atoms with van der Waals surface area (Å²) in [5.74, 6) is 1.61. The van der Waals surface area contributed by atoms with E-state index in [4.69, 9.17) is 33.1 Å². The smallest absolute Gasteiger partial charge is 0.177 e. The van der Waals surface area contributed by atoms with Gasteiger partial charge in [-0.3, -0.25) is 4.98 Å². The molecule has 4 aromatic heterocycles. The third-order valence-corrected chi connectivity index (χ3v) is 13.9. The zero-order valence-corrected chi connectivity index (χ0v) is 40.3. The van der Waals surface area contributed by atoms with E-state index in [1.165, 1.54) is 0 Å². The van der Waals surface area contributed by atoms with Crippen molar-refractivity contribution in [2.24, 2.45) is 0 Å². The van der Waals surface area contributed by atoms with Gasteiger partial charge in [-0.2, -0.15) is 10.5 Å². The zero-order chi connectivity index (χ0) is 51.3. The van der Waals surface area contributed by atoms with Crippen molar-refractivity contribution < 1.29 is 0 Å². The molecule has 0 radical (unpaired) electrons. The quantitative estimate of drug-likeness (QED) is 0.140. The predicted molar refractivity (Wildman–Crippen MR) is 301 cm³/mol. The lowest BCUT2D eigenvalue weighted by Gasteiger charge is -2.19. The van der Waals surface area contributed by atoms with Gasteiger partial charge in [-0.1, -0.05) is 140 Å². The fourth-order valence-corrected chi connectivity index (χ4v) is 10.4. The number of benzene rings is 9. The third kappa shape index (κ3) is 7.64. The van der Waals surface area contributed by atoms with Crippen LogP contribution in [0.4, 0.5) is 11.4 Å². The lowest BCUT2D eigenvalue weighted by atomic mass is 9.98. The molecule has 0 saturated carbocycles. The number of para-hydroxylation sites is 2. The van der Waals surface area contributed by atoms with Crippen LogP contribution in [-0.4, -0.2) is 29.1 Å². The second kappa shape index (κ2) is 18.4. The molecule has 4 heterocycles. The Hall–Kier alpha value is -11.3. The molecule has 0 saturated heterocycles. The molecule has 0 spiro atoms. The van der Waals surface area contributed by atoms with E-state index >= 15 is 0 Å². The molecule has 13 rings (SSSR count). The van der Waals surface area contributed by atoms with Crippen LogP contribution in [0.25, 0.3) is 132 Å². The monoisotopic (exact) mass is 968 g/mol. The van der Waals surface area contributed by atoms with E-state index in [2.05, 4.69) is 110 Å². The minimum Gasteiger partial charge on any atom is -0.309 e. The number of nitrogens with zero attached hydrogens (tertiary/aromatic N) is 10. The standard InChI is InChI=1S/C66H36N10/c1-69-50-32-49(33-51(37-50)70-2)46-23-26-61-56(35-46)53-18-10-12-20-59(53)76(61)63-36-47(66-73-64(43-13-5-3-6-14-43)72-65(74-66)44-15-7-4-8-16-44)21-24-54(63)57-40-71-28-27-62(57)75-58-19-11-9-17-52(58)55-34-45(22-25-60(55)75)48-30-41(38-67)29-42(31-48)39-68/h3-37,40H. The van der Waals surface area contributed by atoms with Gasteiger partial charge in [-0.15, -0.1) is 0 Å². The Morgan fingerprint density at radius 2 is 0.842 bits per heavy atom. The van der Waals surface area contributed by atoms with Gasteiger partial charge in [-0.05, 0) is 89.0 Å². The number of pyridine rings is 1. The van der Waals surface area contributed by atoms with Crippen LogP contribution in [-0.2, 0) is 0 Å². The highest BCUT2D eigenvalue weighted by Gasteiger charge is 2.23. The summed E-state index contributed by atoms with van der Waals surface area (Å²) in [6.07, 6.45) is 3.75. The second-order valence-corrected chi connectivity index (χ2v) is 18.3. The number of fused-ring (bicyclic) bond motifs is 6. The number of aromatic nitrogens is 6. The molecular weight excluding hydrogens is 933 g/mol. The Morgan fingerprint density at radius 3 is 1.38 bits per heavy atom. The molecule has 0 aliphatic carbocycles. The number of rotatable bonds is 8. The normalized spacial score (nSPS) is 11.1. The van der Waals surface area contributed by atoms with Gasteiger partial charge in [0.1, 0.15) is 0 Å². The fraction of sp³-hybridized carbons (Fsp3) is 0. The van der Waals surface area contributed by atoms with E-state index in [1.807, 2.05) is 128 Å². The Kier molecular flexibility index (Phi) is 10.8. The van der Waals surface area contributed by atoms with Crippen molar-refractivity contribution in [2.45, 2.75) is 0 Å². The minimum atomic E-state index is 0.409. The van der Waals surface area contributed by atoms with Crippen LogP contribution in [0, 0.1) is 35.8 Å². The average molecular weight is 969 g/mol. The van der Waals surface area contributed by atoms with E-state index < -0.39 is 0 Å². The zero-order valence-electron chi connectivity index (χ0n) is 40.3. The van der Waals surface area contributed by atoms with Crippen LogP contribution in [0.15, 0.2) is 219 Å². The van der Waals surface area contributed by atoms with Gasteiger partial charge in [0.2, 0.25) is 0 Å². The van der Waals surface area contributed by atoms with Crippen LogP contribution >= 0.6 is 0 Å². The summed E-state index contributed by atoms with van der Waals surface area (Å²) in [5.41, 5.74) is 14.9. The first-order valence-corrected chi connectivity index (χ1v) is 24.4. The lowest BCUT2D eigenvalue weighted by Crippen LogP contribution is -2.04. The highest BCUT2D eigenvalue weighted by atomic mass is 15.0. The molecule has 13 aromatic rings. The molecular formula is C66H36N10. The summed E-state index contributed by atoms with van der Waals surface area (Å²) >= 11 is 0. The Morgan fingerprint density at radius 1 is 0.368 bits per heavy atom. The second-order valence-electron chi connectivity index (χ2n) is 18.3. The summed E-state index contributed by atoms with van der Waals surface area (Å²) in [4.78, 5) is 27.5. The first kappa shape index (κ1) is 44.6. The average Bonchev–Trinajstić information content (AvgIpc) is 4.06. The highest BCUT2D eigenvalue weighted by molar-refractivity contribution is 6.13. The highest BCUT2D eigenvalue weighted by Crippen LogP contribution is 2.44. The molecule has 10 nitrogen and oxygen atoms in total. The maximum Gasteiger partial charge on any atom is 0.177 e. The van der Waals surface area contributed by atoms with E-state index in [0.717, 1.165) is 105 Å². The van der Waals surface area contributed by atoms with E-state index in [0.29, 0.717) is 40.0 Å². The lowest BCUT2D eigenvalue weighted by molar-refractivity contribution is 1.07. The summed E-state index contributed by atoms with van der Waals surface area (Å²) in [7, 11) is 0. The predicted octanol–water partition coefficient (Wildman–Crippen LogP) is 16.3. The number of hydrogen-bond donors (Lipinski definition) is 0. The van der Waals surface area contributed by atoms with Crippen LogP contribution in [0.2, 0.25) is 0 Å². The molecule has 0 amide bonds. The van der Waals surface area contributed by atoms with Gasteiger partial charge < -0.3 is 9.13 Å². The van der Waals surface area contributed by atoms with Gasteiger partial charge >= 0.3 is 0 Å². The summed E-state index contributed by atoms with van der Waals surface area (Å²) in [6.45, 7) is 15.6. The SMILES string of the molecule is [C-]#[N+]c1cc([N+]#[C-])cc(-c2ccc3c(c2)c2ccccc2n3-c2cc(-c3nc(-c4ccccc4)nc(-c4ccccc4)n3)ccc2-c2cnccc2-n2c3ccccc3c3cc(-c4cc(C#N)cc(C#N)c4)ccc32)c1. The molecule has 0 atom stereocenters. The fourth-order valence-electron chi connectivity index (χ4n) is 10.4.